The van der Waals surface area contributed by atoms with Crippen LogP contribution in [0.4, 0.5) is 5.95 Å². The van der Waals surface area contributed by atoms with Crippen LogP contribution in [0.1, 0.15) is 20.3 Å². The van der Waals surface area contributed by atoms with Crippen molar-refractivity contribution in [3.63, 3.8) is 0 Å². The summed E-state index contributed by atoms with van der Waals surface area (Å²) < 4.78 is 1.61. The summed E-state index contributed by atoms with van der Waals surface area (Å²) in [7, 11) is 0. The number of rotatable bonds is 5. The minimum absolute atomic E-state index is 0.0307. The molecule has 0 aliphatic heterocycles. The van der Waals surface area contributed by atoms with Crippen molar-refractivity contribution < 1.29 is 20.1 Å². The Morgan fingerprint density at radius 3 is 2.69 bits per heavy atom. The van der Waals surface area contributed by atoms with Gasteiger partial charge in [-0.05, 0) is 6.42 Å². The number of aliphatic hydroxyl groups excluding tert-OH is 3. The van der Waals surface area contributed by atoms with E-state index in [0.29, 0.717) is 6.42 Å². The summed E-state index contributed by atoms with van der Waals surface area (Å²) in [5.41, 5.74) is -0.0747. The van der Waals surface area contributed by atoms with Gasteiger partial charge in [-0.1, -0.05) is 13.8 Å². The molecule has 5 N–H and O–H groups in total. The number of imidazole rings is 1. The fourth-order valence-electron chi connectivity index (χ4n) is 3.25. The molecule has 0 saturated heterocycles. The van der Waals surface area contributed by atoms with Crippen LogP contribution in [-0.2, 0) is 11.3 Å². The van der Waals surface area contributed by atoms with Crippen LogP contribution >= 0.6 is 0 Å². The standard InChI is InChI=1S/C16H23N5O5/c1-7(2)14(25)19-16-18-13-10(15(26)20-16)17-6-21(13)4-8-3-9(5-22)12(24)11(8)23/h6-9,11-12,22-24H,3-5H2,1-2H3,(H2,18,19,20,25,26)/t8-,9+,11-,12+/m0/s1. The maximum Gasteiger partial charge on any atom is 0.280 e. The van der Waals surface area contributed by atoms with Crippen LogP contribution in [0.15, 0.2) is 11.1 Å². The number of aromatic nitrogens is 4. The molecule has 2 heterocycles. The van der Waals surface area contributed by atoms with Gasteiger partial charge in [0.1, 0.15) is 0 Å². The third-order valence-corrected chi connectivity index (χ3v) is 4.83. The summed E-state index contributed by atoms with van der Waals surface area (Å²) in [5, 5.41) is 32.0. The lowest BCUT2D eigenvalue weighted by molar-refractivity contribution is -0.118. The second-order valence-electron chi connectivity index (χ2n) is 7.05. The lowest BCUT2D eigenvalue weighted by atomic mass is 10.0. The molecule has 0 bridgehead atoms. The van der Waals surface area contributed by atoms with Crippen LogP contribution in [0.2, 0.25) is 0 Å². The number of aromatic amines is 1. The summed E-state index contributed by atoms with van der Waals surface area (Å²) in [6, 6.07) is 0. The molecule has 10 nitrogen and oxygen atoms in total. The Labute approximate surface area is 148 Å². The van der Waals surface area contributed by atoms with Gasteiger partial charge in [0.2, 0.25) is 11.9 Å². The van der Waals surface area contributed by atoms with Crippen LogP contribution in [0.5, 0.6) is 0 Å². The Morgan fingerprint density at radius 2 is 2.08 bits per heavy atom. The molecule has 4 atom stereocenters. The van der Waals surface area contributed by atoms with Gasteiger partial charge in [-0.25, -0.2) is 4.98 Å². The van der Waals surface area contributed by atoms with Crippen molar-refractivity contribution >= 4 is 23.0 Å². The first kappa shape index (κ1) is 18.5. The number of hydrogen-bond donors (Lipinski definition) is 5. The summed E-state index contributed by atoms with van der Waals surface area (Å²) >= 11 is 0. The predicted molar refractivity (Wildman–Crippen MR) is 92.3 cm³/mol. The van der Waals surface area contributed by atoms with Gasteiger partial charge in [0.15, 0.2) is 11.2 Å². The molecule has 0 unspecified atom stereocenters. The number of aliphatic hydroxyl groups is 3. The van der Waals surface area contributed by atoms with Gasteiger partial charge >= 0.3 is 0 Å². The largest absolute Gasteiger partial charge is 0.396 e. The van der Waals surface area contributed by atoms with E-state index in [1.54, 1.807) is 18.4 Å². The molecule has 1 fully saturated rings. The monoisotopic (exact) mass is 365 g/mol. The zero-order valence-electron chi connectivity index (χ0n) is 14.6. The Balaban J connectivity index is 1.89. The highest BCUT2D eigenvalue weighted by Crippen LogP contribution is 2.33. The van der Waals surface area contributed by atoms with Gasteiger partial charge < -0.3 is 19.9 Å². The maximum absolute atomic E-state index is 12.2. The van der Waals surface area contributed by atoms with Crippen molar-refractivity contribution in [3.05, 3.63) is 16.7 Å². The van der Waals surface area contributed by atoms with Gasteiger partial charge in [0.05, 0.1) is 18.5 Å². The number of fused-ring (bicyclic) bond motifs is 1. The average Bonchev–Trinajstić information content (AvgIpc) is 3.11. The van der Waals surface area contributed by atoms with Gasteiger partial charge in [0, 0.05) is 30.9 Å². The van der Waals surface area contributed by atoms with E-state index in [-0.39, 0.29) is 53.9 Å². The van der Waals surface area contributed by atoms with Crippen LogP contribution in [0, 0.1) is 17.8 Å². The quantitative estimate of drug-likeness (QED) is 0.458. The van der Waals surface area contributed by atoms with Crippen molar-refractivity contribution in [1.82, 2.24) is 19.5 Å². The lowest BCUT2D eigenvalue weighted by Gasteiger charge is -2.17. The fraction of sp³-hybridized carbons (Fsp3) is 0.625. The van der Waals surface area contributed by atoms with Crippen LogP contribution < -0.4 is 10.9 Å². The molecule has 1 aliphatic carbocycles. The molecule has 2 aromatic heterocycles. The number of carbonyl (C=O) groups excluding carboxylic acids is 1. The van der Waals surface area contributed by atoms with Gasteiger partial charge in [-0.3, -0.25) is 19.9 Å². The van der Waals surface area contributed by atoms with E-state index >= 15 is 0 Å². The lowest BCUT2D eigenvalue weighted by Crippen LogP contribution is -2.30. The van der Waals surface area contributed by atoms with Gasteiger partial charge in [0.25, 0.3) is 5.56 Å². The van der Waals surface area contributed by atoms with Gasteiger partial charge in [-0.2, -0.15) is 4.98 Å². The SMILES string of the molecule is CC(C)C(=O)Nc1nc2c(ncn2C[C@@H]2C[C@H](CO)[C@@H](O)[C@H]2O)c(=O)[nH]1. The molecule has 1 amide bonds. The molecule has 26 heavy (non-hydrogen) atoms. The molecule has 2 aromatic rings. The second-order valence-corrected chi connectivity index (χ2v) is 7.05. The average molecular weight is 365 g/mol. The molecular formula is C16H23N5O5. The number of amides is 1. The molecule has 1 saturated carbocycles. The summed E-state index contributed by atoms with van der Waals surface area (Å²) in [6.07, 6.45) is -0.0888. The van der Waals surface area contributed by atoms with Crippen molar-refractivity contribution in [3.8, 4) is 0 Å². The fourth-order valence-corrected chi connectivity index (χ4v) is 3.25. The van der Waals surface area contributed by atoms with Crippen molar-refractivity contribution in [2.45, 2.75) is 39.0 Å². The summed E-state index contributed by atoms with van der Waals surface area (Å²) in [5.74, 6) is -1.22. The zero-order chi connectivity index (χ0) is 19.0. The van der Waals surface area contributed by atoms with Crippen molar-refractivity contribution in [2.75, 3.05) is 11.9 Å². The van der Waals surface area contributed by atoms with E-state index < -0.39 is 17.8 Å². The van der Waals surface area contributed by atoms with E-state index in [1.807, 2.05) is 0 Å². The highest BCUT2D eigenvalue weighted by Gasteiger charge is 2.41. The van der Waals surface area contributed by atoms with Crippen LogP contribution in [0.3, 0.4) is 0 Å². The number of H-pyrrole nitrogens is 1. The second kappa shape index (κ2) is 7.14. The van der Waals surface area contributed by atoms with Crippen LogP contribution in [-0.4, -0.2) is 59.6 Å². The first-order valence-electron chi connectivity index (χ1n) is 8.54. The van der Waals surface area contributed by atoms with E-state index in [4.69, 9.17) is 0 Å². The third kappa shape index (κ3) is 3.35. The van der Waals surface area contributed by atoms with E-state index in [0.717, 1.165) is 0 Å². The molecule has 0 aromatic carbocycles. The van der Waals surface area contributed by atoms with Crippen molar-refractivity contribution in [2.24, 2.45) is 17.8 Å². The van der Waals surface area contributed by atoms with Gasteiger partial charge in [-0.15, -0.1) is 0 Å². The first-order chi connectivity index (χ1) is 12.3. The normalized spacial score (nSPS) is 25.9. The maximum atomic E-state index is 12.2. The number of nitrogens with one attached hydrogen (secondary N) is 2. The van der Waals surface area contributed by atoms with Crippen molar-refractivity contribution in [1.29, 1.82) is 0 Å². The Morgan fingerprint density at radius 1 is 1.38 bits per heavy atom. The zero-order valence-corrected chi connectivity index (χ0v) is 14.6. The molecule has 142 valence electrons. The number of carbonyl (C=O) groups is 1. The molecule has 0 radical (unpaired) electrons. The van der Waals surface area contributed by atoms with E-state index in [2.05, 4.69) is 20.3 Å². The Kier molecular flexibility index (Phi) is 5.08. The molecule has 1 aliphatic rings. The summed E-state index contributed by atoms with van der Waals surface area (Å²) in [6.45, 7) is 3.52. The smallest absolute Gasteiger partial charge is 0.280 e. The molecule has 10 heteroatoms. The highest BCUT2D eigenvalue weighted by atomic mass is 16.3. The number of anilines is 1. The minimum atomic E-state index is -0.989. The summed E-state index contributed by atoms with van der Waals surface area (Å²) in [4.78, 5) is 34.8. The number of hydrogen-bond acceptors (Lipinski definition) is 7. The highest BCUT2D eigenvalue weighted by molar-refractivity contribution is 5.91. The molecule has 0 spiro atoms. The number of nitrogens with zero attached hydrogens (tertiary/aromatic N) is 3. The molecular weight excluding hydrogens is 342 g/mol. The topological polar surface area (TPSA) is 153 Å². The van der Waals surface area contributed by atoms with E-state index in [9.17, 15) is 24.9 Å². The molecule has 3 rings (SSSR count). The van der Waals surface area contributed by atoms with Crippen LogP contribution in [0.25, 0.3) is 11.2 Å². The Hall–Kier alpha value is -2.30. The Bertz CT molecular complexity index is 860. The predicted octanol–water partition coefficient (Wildman–Crippen LogP) is -0.936. The first-order valence-corrected chi connectivity index (χ1v) is 8.54. The van der Waals surface area contributed by atoms with E-state index in [1.165, 1.54) is 6.33 Å². The third-order valence-electron chi connectivity index (χ3n) is 4.83. The minimum Gasteiger partial charge on any atom is -0.396 e.